The first-order chi connectivity index (χ1) is 6.58. The zero-order valence-electron chi connectivity index (χ0n) is 7.89. The molecule has 0 aromatic rings. The molecular weight excluding hydrogens is 199 g/mol. The van der Waals surface area contributed by atoms with E-state index < -0.39 is 0 Å². The van der Waals surface area contributed by atoms with E-state index >= 15 is 0 Å². The summed E-state index contributed by atoms with van der Waals surface area (Å²) in [5.74, 6) is 0.250. The maximum Gasteiger partial charge on any atom is 0.142 e. The van der Waals surface area contributed by atoms with Crippen molar-refractivity contribution >= 4 is 12.2 Å². The van der Waals surface area contributed by atoms with Gasteiger partial charge in [0.2, 0.25) is 0 Å². The van der Waals surface area contributed by atoms with Crippen LogP contribution in [-0.4, -0.2) is 9.97 Å². The normalized spacial score (nSPS) is 10.8. The van der Waals surface area contributed by atoms with E-state index in [1.807, 2.05) is 6.92 Å². The van der Waals surface area contributed by atoms with Crippen LogP contribution in [0.3, 0.4) is 0 Å². The van der Waals surface area contributed by atoms with Gasteiger partial charge < -0.3 is 4.98 Å². The quantitative estimate of drug-likeness (QED) is 0.674. The number of pyridine rings is 2. The molecule has 2 aliphatic heterocycles. The Balaban J connectivity index is 2.89. The van der Waals surface area contributed by atoms with E-state index in [2.05, 4.69) is 9.97 Å². The Bertz CT molecular complexity index is 518. The molecule has 0 amide bonds. The van der Waals surface area contributed by atoms with E-state index in [0.29, 0.717) is 16.0 Å². The number of hydrogen-bond donors (Lipinski definition) is 1. The lowest BCUT2D eigenvalue weighted by atomic mass is 10.1. The molecule has 1 N–H and O–H groups in total. The molecule has 2 heterocycles. The van der Waals surface area contributed by atoms with Gasteiger partial charge in [0.25, 0.3) is 0 Å². The molecule has 0 saturated heterocycles. The largest absolute Gasteiger partial charge is 0.343 e. The molecule has 14 heavy (non-hydrogen) atoms. The summed E-state index contributed by atoms with van der Waals surface area (Å²) in [4.78, 5) is 7.10. The number of nitrogens with zero attached hydrogens (tertiary/aromatic N) is 1. The fourth-order valence-electron chi connectivity index (χ4n) is 1.36. The average molecular weight is 208 g/mol. The second-order valence-corrected chi connectivity index (χ2v) is 3.69. The number of aromatic nitrogens is 2. The van der Waals surface area contributed by atoms with E-state index in [1.165, 1.54) is 6.07 Å². The SMILES string of the molecule is Cc1cc(F)c2cc(C)c(=S)nc-2[nH]1. The van der Waals surface area contributed by atoms with Gasteiger partial charge in [-0.15, -0.1) is 0 Å². The molecule has 0 spiro atoms. The summed E-state index contributed by atoms with van der Waals surface area (Å²) in [6, 6.07) is 3.17. The van der Waals surface area contributed by atoms with E-state index in [-0.39, 0.29) is 5.82 Å². The van der Waals surface area contributed by atoms with Crippen molar-refractivity contribution in [3.8, 4) is 11.4 Å². The Morgan fingerprint density at radius 1 is 1.36 bits per heavy atom. The van der Waals surface area contributed by atoms with Crippen molar-refractivity contribution in [3.63, 3.8) is 0 Å². The van der Waals surface area contributed by atoms with Crippen LogP contribution in [0.1, 0.15) is 11.3 Å². The van der Waals surface area contributed by atoms with Gasteiger partial charge in [0.05, 0.1) is 5.56 Å². The van der Waals surface area contributed by atoms with Gasteiger partial charge in [-0.3, -0.25) is 0 Å². The summed E-state index contributed by atoms with van der Waals surface area (Å²) >= 11 is 5.01. The lowest BCUT2D eigenvalue weighted by molar-refractivity contribution is 0.625. The Kier molecular flexibility index (Phi) is 2.07. The number of aromatic amines is 1. The number of hydrogen-bond acceptors (Lipinski definition) is 2. The van der Waals surface area contributed by atoms with Gasteiger partial charge in [0, 0.05) is 5.69 Å². The van der Waals surface area contributed by atoms with Crippen LogP contribution in [0.25, 0.3) is 11.4 Å². The highest BCUT2D eigenvalue weighted by Gasteiger charge is 2.11. The third-order valence-electron chi connectivity index (χ3n) is 2.08. The van der Waals surface area contributed by atoms with E-state index in [0.717, 1.165) is 11.3 Å². The predicted molar refractivity (Wildman–Crippen MR) is 55.5 cm³/mol. The molecule has 2 aliphatic rings. The molecule has 4 heteroatoms. The van der Waals surface area contributed by atoms with E-state index in [4.69, 9.17) is 12.2 Å². The number of rotatable bonds is 0. The third kappa shape index (κ3) is 1.42. The first kappa shape index (κ1) is 9.27. The summed E-state index contributed by atoms with van der Waals surface area (Å²) in [7, 11) is 0. The standard InChI is InChI=1S/C10H9FN2S/c1-5-3-7-8(11)4-6(2)12-9(7)13-10(5)14/h3-4H,1-2H3,(H,12,13,14). The van der Waals surface area contributed by atoms with Crippen LogP contribution in [0, 0.1) is 24.3 Å². The maximum atomic E-state index is 13.5. The van der Waals surface area contributed by atoms with Crippen molar-refractivity contribution in [2.75, 3.05) is 0 Å². The second-order valence-electron chi connectivity index (χ2n) is 3.31. The summed E-state index contributed by atoms with van der Waals surface area (Å²) in [5.41, 5.74) is 2.05. The van der Waals surface area contributed by atoms with Crippen molar-refractivity contribution in [2.24, 2.45) is 0 Å². The minimum atomic E-state index is -0.262. The lowest BCUT2D eigenvalue weighted by Gasteiger charge is -2.08. The highest BCUT2D eigenvalue weighted by Crippen LogP contribution is 2.22. The van der Waals surface area contributed by atoms with Crippen LogP contribution in [0.2, 0.25) is 0 Å². The Morgan fingerprint density at radius 3 is 2.79 bits per heavy atom. The average Bonchev–Trinajstić information content (AvgIpc) is 2.08. The van der Waals surface area contributed by atoms with Crippen molar-refractivity contribution in [3.05, 3.63) is 33.8 Å². The molecule has 0 saturated carbocycles. The molecule has 0 aromatic carbocycles. The van der Waals surface area contributed by atoms with Crippen molar-refractivity contribution in [1.29, 1.82) is 0 Å². The topological polar surface area (TPSA) is 28.7 Å². The van der Waals surface area contributed by atoms with Gasteiger partial charge in [-0.2, -0.15) is 0 Å². The van der Waals surface area contributed by atoms with E-state index in [9.17, 15) is 4.39 Å². The van der Waals surface area contributed by atoms with Gasteiger partial charge in [0.1, 0.15) is 16.3 Å². The molecule has 2 rings (SSSR count). The summed E-state index contributed by atoms with van der Waals surface area (Å²) < 4.78 is 14.0. The summed E-state index contributed by atoms with van der Waals surface area (Å²) in [6.45, 7) is 3.61. The van der Waals surface area contributed by atoms with Crippen LogP contribution in [0.4, 0.5) is 4.39 Å². The fourth-order valence-corrected chi connectivity index (χ4v) is 1.51. The van der Waals surface area contributed by atoms with Crippen molar-refractivity contribution in [1.82, 2.24) is 9.97 Å². The zero-order chi connectivity index (χ0) is 10.3. The Hall–Kier alpha value is -1.29. The van der Waals surface area contributed by atoms with Crippen LogP contribution < -0.4 is 0 Å². The first-order valence-electron chi connectivity index (χ1n) is 4.25. The summed E-state index contributed by atoms with van der Waals surface area (Å²) in [5, 5.41) is 0. The smallest absolute Gasteiger partial charge is 0.142 e. The molecule has 0 bridgehead atoms. The van der Waals surface area contributed by atoms with Crippen LogP contribution in [-0.2, 0) is 0 Å². The number of H-pyrrole nitrogens is 1. The minimum absolute atomic E-state index is 0.262. The van der Waals surface area contributed by atoms with Crippen molar-refractivity contribution < 1.29 is 4.39 Å². The molecule has 0 atom stereocenters. The Labute approximate surface area is 86.2 Å². The van der Waals surface area contributed by atoms with E-state index in [1.54, 1.807) is 13.0 Å². The Morgan fingerprint density at radius 2 is 2.07 bits per heavy atom. The highest BCUT2D eigenvalue weighted by molar-refractivity contribution is 7.71. The number of halogens is 1. The first-order valence-corrected chi connectivity index (χ1v) is 4.65. The second kappa shape index (κ2) is 3.13. The monoisotopic (exact) mass is 208 g/mol. The van der Waals surface area contributed by atoms with Gasteiger partial charge in [-0.1, -0.05) is 12.2 Å². The zero-order valence-corrected chi connectivity index (χ0v) is 8.70. The maximum absolute atomic E-state index is 13.5. The number of aryl methyl sites for hydroxylation is 2. The molecule has 0 unspecified atom stereocenters. The highest BCUT2D eigenvalue weighted by atomic mass is 32.1. The molecular formula is C10H9FN2S. The predicted octanol–water partition coefficient (Wildman–Crippen LogP) is 3.00. The fraction of sp³-hybridized carbons (Fsp3) is 0.200. The minimum Gasteiger partial charge on any atom is -0.343 e. The van der Waals surface area contributed by atoms with Gasteiger partial charge in [0.15, 0.2) is 0 Å². The van der Waals surface area contributed by atoms with Crippen LogP contribution in [0.15, 0.2) is 12.1 Å². The molecule has 0 aromatic heterocycles. The van der Waals surface area contributed by atoms with Crippen LogP contribution >= 0.6 is 12.2 Å². The molecule has 0 fully saturated rings. The molecule has 72 valence electrons. The van der Waals surface area contributed by atoms with Crippen molar-refractivity contribution in [2.45, 2.75) is 13.8 Å². The molecule has 0 radical (unpaired) electrons. The molecule has 0 aliphatic carbocycles. The van der Waals surface area contributed by atoms with Gasteiger partial charge >= 0.3 is 0 Å². The van der Waals surface area contributed by atoms with Gasteiger partial charge in [-0.25, -0.2) is 9.37 Å². The number of fused-ring (bicyclic) bond motifs is 1. The summed E-state index contributed by atoms with van der Waals surface area (Å²) in [6.07, 6.45) is 0. The van der Waals surface area contributed by atoms with Gasteiger partial charge in [-0.05, 0) is 31.5 Å². The molecule has 2 nitrogen and oxygen atoms in total. The van der Waals surface area contributed by atoms with Crippen LogP contribution in [0.5, 0.6) is 0 Å². The number of nitrogens with one attached hydrogen (secondary N) is 1. The third-order valence-corrected chi connectivity index (χ3v) is 2.50. The lowest BCUT2D eigenvalue weighted by Crippen LogP contribution is -1.98.